The molecule has 2 heteroatoms. The van der Waals surface area contributed by atoms with Gasteiger partial charge in [-0.2, -0.15) is 0 Å². The predicted molar refractivity (Wildman–Crippen MR) is 74.4 cm³/mol. The van der Waals surface area contributed by atoms with Crippen molar-refractivity contribution in [2.75, 3.05) is 19.6 Å². The minimum absolute atomic E-state index is 0.483. The molecule has 1 saturated carbocycles. The minimum atomic E-state index is 0.483. The second-order valence-electron chi connectivity index (χ2n) is 6.23. The van der Waals surface area contributed by atoms with Gasteiger partial charge in [-0.25, -0.2) is 0 Å². The first-order valence-electron chi connectivity index (χ1n) is 7.75. The van der Waals surface area contributed by atoms with Crippen molar-refractivity contribution in [3.63, 3.8) is 0 Å². The molecule has 1 saturated heterocycles. The highest BCUT2D eigenvalue weighted by Gasteiger charge is 2.37. The van der Waals surface area contributed by atoms with Crippen LogP contribution in [0, 0.1) is 0 Å². The van der Waals surface area contributed by atoms with E-state index in [0.29, 0.717) is 5.54 Å². The molecule has 0 radical (unpaired) electrons. The molecule has 2 rings (SSSR count). The van der Waals surface area contributed by atoms with Crippen LogP contribution in [0.2, 0.25) is 0 Å². The number of hydrogen-bond acceptors (Lipinski definition) is 2. The maximum atomic E-state index is 3.87. The highest BCUT2D eigenvalue weighted by Crippen LogP contribution is 2.32. The van der Waals surface area contributed by atoms with E-state index in [0.717, 1.165) is 6.04 Å². The van der Waals surface area contributed by atoms with Crippen LogP contribution in [0.1, 0.15) is 65.2 Å². The summed E-state index contributed by atoms with van der Waals surface area (Å²) in [6.45, 7) is 8.56. The van der Waals surface area contributed by atoms with E-state index in [9.17, 15) is 0 Å². The van der Waals surface area contributed by atoms with Crippen LogP contribution in [0.3, 0.4) is 0 Å². The Labute approximate surface area is 107 Å². The average Bonchev–Trinajstić information content (AvgIpc) is 2.70. The fourth-order valence-electron chi connectivity index (χ4n) is 3.58. The molecule has 0 aromatic rings. The Kier molecular flexibility index (Phi) is 4.87. The van der Waals surface area contributed by atoms with Crippen LogP contribution in [0.25, 0.3) is 0 Å². The van der Waals surface area contributed by atoms with E-state index in [1.54, 1.807) is 0 Å². The molecule has 0 amide bonds. The summed E-state index contributed by atoms with van der Waals surface area (Å²) in [5.74, 6) is 0. The van der Waals surface area contributed by atoms with E-state index < -0.39 is 0 Å². The van der Waals surface area contributed by atoms with E-state index in [-0.39, 0.29) is 0 Å². The van der Waals surface area contributed by atoms with Crippen LogP contribution < -0.4 is 5.32 Å². The summed E-state index contributed by atoms with van der Waals surface area (Å²) in [6, 6.07) is 0.777. The number of nitrogens with one attached hydrogen (secondary N) is 1. The Morgan fingerprint density at radius 3 is 2.71 bits per heavy atom. The normalized spacial score (nSPS) is 29.6. The summed E-state index contributed by atoms with van der Waals surface area (Å²) in [5, 5.41) is 3.87. The Hall–Kier alpha value is -0.0800. The monoisotopic (exact) mass is 238 g/mol. The zero-order chi connectivity index (χ0) is 12.1. The first-order chi connectivity index (χ1) is 8.26. The number of hydrogen-bond donors (Lipinski definition) is 1. The Morgan fingerprint density at radius 1 is 1.24 bits per heavy atom. The molecular weight excluding hydrogens is 208 g/mol. The lowest BCUT2D eigenvalue weighted by molar-refractivity contribution is 0.165. The Morgan fingerprint density at radius 2 is 2.00 bits per heavy atom. The molecule has 2 aliphatic rings. The van der Waals surface area contributed by atoms with Crippen molar-refractivity contribution in [3.8, 4) is 0 Å². The van der Waals surface area contributed by atoms with Crippen molar-refractivity contribution in [2.24, 2.45) is 0 Å². The van der Waals surface area contributed by atoms with Crippen molar-refractivity contribution < 1.29 is 0 Å². The lowest BCUT2D eigenvalue weighted by Gasteiger charge is -2.35. The highest BCUT2D eigenvalue weighted by molar-refractivity contribution is 4.98. The van der Waals surface area contributed by atoms with E-state index in [1.165, 1.54) is 71.0 Å². The lowest BCUT2D eigenvalue weighted by Crippen LogP contribution is -2.50. The lowest BCUT2D eigenvalue weighted by atomic mass is 9.97. The van der Waals surface area contributed by atoms with Crippen LogP contribution >= 0.6 is 0 Å². The maximum Gasteiger partial charge on any atom is 0.0308 e. The van der Waals surface area contributed by atoms with Gasteiger partial charge in [-0.1, -0.05) is 32.6 Å². The quantitative estimate of drug-likeness (QED) is 0.757. The van der Waals surface area contributed by atoms with Gasteiger partial charge in [0.05, 0.1) is 0 Å². The molecule has 0 bridgehead atoms. The van der Waals surface area contributed by atoms with Crippen molar-refractivity contribution in [2.45, 2.75) is 76.8 Å². The van der Waals surface area contributed by atoms with Crippen LogP contribution in [-0.4, -0.2) is 36.1 Å². The standard InChI is InChI=1S/C15H30N2/c1-3-4-7-12-17-13-15(9-5-6-10-15)16-11-8-14(17)2/h14,16H,3-13H2,1-2H3. The number of nitrogens with zero attached hydrogens (tertiary/aromatic N) is 1. The first-order valence-corrected chi connectivity index (χ1v) is 7.75. The molecule has 1 unspecified atom stereocenters. The molecule has 2 fully saturated rings. The van der Waals surface area contributed by atoms with Gasteiger partial charge in [0.25, 0.3) is 0 Å². The smallest absolute Gasteiger partial charge is 0.0308 e. The van der Waals surface area contributed by atoms with Crippen molar-refractivity contribution in [1.29, 1.82) is 0 Å². The molecule has 0 aromatic carbocycles. The van der Waals surface area contributed by atoms with Crippen LogP contribution in [-0.2, 0) is 0 Å². The van der Waals surface area contributed by atoms with E-state index >= 15 is 0 Å². The summed E-state index contributed by atoms with van der Waals surface area (Å²) in [7, 11) is 0. The molecule has 0 aromatic heterocycles. The molecule has 1 aliphatic carbocycles. The van der Waals surface area contributed by atoms with Gasteiger partial charge >= 0.3 is 0 Å². The van der Waals surface area contributed by atoms with E-state index in [2.05, 4.69) is 24.1 Å². The summed E-state index contributed by atoms with van der Waals surface area (Å²) in [6.07, 6.45) is 11.1. The van der Waals surface area contributed by atoms with Crippen LogP contribution in [0.15, 0.2) is 0 Å². The average molecular weight is 238 g/mol. The van der Waals surface area contributed by atoms with Gasteiger partial charge in [-0.3, -0.25) is 4.90 Å². The van der Waals surface area contributed by atoms with Crippen molar-refractivity contribution >= 4 is 0 Å². The van der Waals surface area contributed by atoms with Crippen molar-refractivity contribution in [3.05, 3.63) is 0 Å². The highest BCUT2D eigenvalue weighted by atomic mass is 15.2. The second-order valence-corrected chi connectivity index (χ2v) is 6.23. The predicted octanol–water partition coefficient (Wildman–Crippen LogP) is 3.17. The third-order valence-electron chi connectivity index (χ3n) is 4.80. The van der Waals surface area contributed by atoms with Gasteiger partial charge in [0, 0.05) is 18.1 Å². The molecule has 2 nitrogen and oxygen atoms in total. The fourth-order valence-corrected chi connectivity index (χ4v) is 3.58. The van der Waals surface area contributed by atoms with Gasteiger partial charge in [0.15, 0.2) is 0 Å². The molecule has 17 heavy (non-hydrogen) atoms. The second kappa shape index (κ2) is 6.19. The first kappa shape index (κ1) is 13.4. The van der Waals surface area contributed by atoms with Gasteiger partial charge in [0.1, 0.15) is 0 Å². The molecule has 1 heterocycles. The van der Waals surface area contributed by atoms with Gasteiger partial charge in [-0.15, -0.1) is 0 Å². The number of rotatable bonds is 4. The summed E-state index contributed by atoms with van der Waals surface area (Å²) >= 11 is 0. The third-order valence-corrected chi connectivity index (χ3v) is 4.80. The van der Waals surface area contributed by atoms with Crippen LogP contribution in [0.5, 0.6) is 0 Å². The zero-order valence-corrected chi connectivity index (χ0v) is 11.8. The molecule has 100 valence electrons. The Bertz CT molecular complexity index is 221. The van der Waals surface area contributed by atoms with Gasteiger partial charge in [0.2, 0.25) is 0 Å². The maximum absolute atomic E-state index is 3.87. The molecule has 1 spiro atoms. The molecule has 1 atom stereocenters. The third kappa shape index (κ3) is 3.45. The van der Waals surface area contributed by atoms with Gasteiger partial charge < -0.3 is 5.32 Å². The SMILES string of the molecule is CCCCCN1CC2(CCCC2)NCCC1C. The van der Waals surface area contributed by atoms with Crippen molar-refractivity contribution in [1.82, 2.24) is 10.2 Å². The summed E-state index contributed by atoms with van der Waals surface area (Å²) in [5.41, 5.74) is 0.483. The van der Waals surface area contributed by atoms with Gasteiger partial charge in [-0.05, 0) is 45.7 Å². The molecule has 1 aliphatic heterocycles. The summed E-state index contributed by atoms with van der Waals surface area (Å²) < 4.78 is 0. The largest absolute Gasteiger partial charge is 0.310 e. The minimum Gasteiger partial charge on any atom is -0.310 e. The van der Waals surface area contributed by atoms with E-state index in [4.69, 9.17) is 0 Å². The zero-order valence-electron chi connectivity index (χ0n) is 11.8. The van der Waals surface area contributed by atoms with E-state index in [1.807, 2.05) is 0 Å². The fraction of sp³-hybridized carbons (Fsp3) is 1.00. The molecule has 1 N–H and O–H groups in total. The summed E-state index contributed by atoms with van der Waals surface area (Å²) in [4.78, 5) is 2.76. The Balaban J connectivity index is 1.91. The van der Waals surface area contributed by atoms with Crippen LogP contribution in [0.4, 0.5) is 0 Å². The number of unbranched alkanes of at least 4 members (excludes halogenated alkanes) is 2. The molecular formula is C15H30N2. The topological polar surface area (TPSA) is 15.3 Å².